The van der Waals surface area contributed by atoms with E-state index in [-0.39, 0.29) is 6.23 Å². The van der Waals surface area contributed by atoms with Gasteiger partial charge in [-0.05, 0) is 56.2 Å². The molecule has 1 aliphatic heterocycles. The van der Waals surface area contributed by atoms with E-state index >= 15 is 0 Å². The van der Waals surface area contributed by atoms with Crippen molar-refractivity contribution in [1.29, 1.82) is 0 Å². The summed E-state index contributed by atoms with van der Waals surface area (Å²) in [5.74, 6) is 0.668. The van der Waals surface area contributed by atoms with Gasteiger partial charge in [0.25, 0.3) is 0 Å². The molecule has 0 saturated carbocycles. The molecule has 1 aliphatic rings. The SMILES string of the molecule is C=C(c1cnc(COCCOCCC(C)C)s1)c1cc(C)ccc1N(C)C1CCCCO1. The molecule has 176 valence electrons. The van der Waals surface area contributed by atoms with Gasteiger partial charge in [-0.2, -0.15) is 0 Å². The molecule has 0 radical (unpaired) electrons. The number of hydrogen-bond acceptors (Lipinski definition) is 6. The van der Waals surface area contributed by atoms with Crippen LogP contribution in [0, 0.1) is 12.8 Å². The summed E-state index contributed by atoms with van der Waals surface area (Å²) in [6, 6.07) is 6.54. The topological polar surface area (TPSA) is 43.8 Å². The fraction of sp³-hybridized carbons (Fsp3) is 0.577. The van der Waals surface area contributed by atoms with Gasteiger partial charge in [-0.1, -0.05) is 32.1 Å². The predicted octanol–water partition coefficient (Wildman–Crippen LogP) is 6.06. The molecule has 0 bridgehead atoms. The van der Waals surface area contributed by atoms with Crippen molar-refractivity contribution in [2.45, 2.75) is 59.3 Å². The van der Waals surface area contributed by atoms with Gasteiger partial charge in [0.1, 0.15) is 11.2 Å². The van der Waals surface area contributed by atoms with E-state index < -0.39 is 0 Å². The molecule has 3 rings (SSSR count). The standard InChI is InChI=1S/C26H38N2O3S/c1-19(2)11-13-29-14-15-30-18-25-27-17-24(32-25)21(4)22-16-20(3)9-10-23(22)28(5)26-8-6-7-12-31-26/h9-10,16-17,19,26H,4,6-8,11-15,18H2,1-3,5H3. The van der Waals surface area contributed by atoms with Gasteiger partial charge in [-0.25, -0.2) is 4.98 Å². The Morgan fingerprint density at radius 1 is 1.25 bits per heavy atom. The van der Waals surface area contributed by atoms with Gasteiger partial charge in [0.15, 0.2) is 0 Å². The average molecular weight is 459 g/mol. The first-order valence-corrected chi connectivity index (χ1v) is 12.5. The normalized spacial score (nSPS) is 16.5. The first-order chi connectivity index (χ1) is 15.5. The molecule has 1 saturated heterocycles. The van der Waals surface area contributed by atoms with Crippen molar-refractivity contribution in [3.63, 3.8) is 0 Å². The number of ether oxygens (including phenoxy) is 3. The zero-order valence-electron chi connectivity index (χ0n) is 20.1. The Morgan fingerprint density at radius 2 is 2.06 bits per heavy atom. The minimum atomic E-state index is 0.117. The van der Waals surface area contributed by atoms with E-state index in [0.717, 1.165) is 59.2 Å². The molecule has 1 aromatic carbocycles. The van der Waals surface area contributed by atoms with Crippen molar-refractivity contribution >= 4 is 22.6 Å². The Morgan fingerprint density at radius 3 is 2.81 bits per heavy atom. The van der Waals surface area contributed by atoms with E-state index in [1.807, 2.05) is 6.20 Å². The van der Waals surface area contributed by atoms with Crippen LogP contribution in [-0.2, 0) is 20.8 Å². The Bertz CT molecular complexity index is 859. The molecule has 6 heteroatoms. The summed E-state index contributed by atoms with van der Waals surface area (Å²) in [4.78, 5) is 7.88. The van der Waals surface area contributed by atoms with E-state index in [0.29, 0.717) is 25.7 Å². The molecule has 0 aliphatic carbocycles. The Kier molecular flexibility index (Phi) is 9.72. The second-order valence-electron chi connectivity index (χ2n) is 8.90. The van der Waals surface area contributed by atoms with Gasteiger partial charge in [0.05, 0.1) is 24.7 Å². The number of aromatic nitrogens is 1. The van der Waals surface area contributed by atoms with E-state index in [1.54, 1.807) is 11.3 Å². The van der Waals surface area contributed by atoms with Crippen molar-refractivity contribution in [3.8, 4) is 0 Å². The maximum Gasteiger partial charge on any atom is 0.129 e. The maximum absolute atomic E-state index is 6.02. The predicted molar refractivity (Wildman–Crippen MR) is 133 cm³/mol. The van der Waals surface area contributed by atoms with Crippen LogP contribution < -0.4 is 4.90 Å². The summed E-state index contributed by atoms with van der Waals surface area (Å²) in [5, 5.41) is 0.960. The monoisotopic (exact) mass is 458 g/mol. The molecule has 1 fully saturated rings. The van der Waals surface area contributed by atoms with Crippen molar-refractivity contribution in [1.82, 2.24) is 4.98 Å². The molecule has 1 unspecified atom stereocenters. The van der Waals surface area contributed by atoms with E-state index in [1.165, 1.54) is 12.0 Å². The maximum atomic E-state index is 6.02. The van der Waals surface area contributed by atoms with Crippen molar-refractivity contribution in [2.24, 2.45) is 5.92 Å². The zero-order chi connectivity index (χ0) is 22.9. The van der Waals surface area contributed by atoms with Gasteiger partial charge >= 0.3 is 0 Å². The summed E-state index contributed by atoms with van der Waals surface area (Å²) in [7, 11) is 2.12. The van der Waals surface area contributed by atoms with Gasteiger partial charge in [-0.15, -0.1) is 11.3 Å². The van der Waals surface area contributed by atoms with E-state index in [2.05, 4.69) is 62.5 Å². The average Bonchev–Trinajstić information content (AvgIpc) is 3.27. The molecule has 0 spiro atoms. The molecule has 0 N–H and O–H groups in total. The van der Waals surface area contributed by atoms with Crippen molar-refractivity contribution < 1.29 is 14.2 Å². The fourth-order valence-electron chi connectivity index (χ4n) is 3.73. The molecule has 1 atom stereocenters. The lowest BCUT2D eigenvalue weighted by molar-refractivity contribution is 0.0174. The smallest absolute Gasteiger partial charge is 0.129 e. The van der Waals surface area contributed by atoms with E-state index in [4.69, 9.17) is 14.2 Å². The highest BCUT2D eigenvalue weighted by molar-refractivity contribution is 7.12. The van der Waals surface area contributed by atoms with Crippen LogP contribution in [0.3, 0.4) is 0 Å². The van der Waals surface area contributed by atoms with Crippen LogP contribution in [0.2, 0.25) is 0 Å². The van der Waals surface area contributed by atoms with Crippen molar-refractivity contribution in [2.75, 3.05) is 38.4 Å². The van der Waals surface area contributed by atoms with E-state index in [9.17, 15) is 0 Å². The fourth-order valence-corrected chi connectivity index (χ4v) is 4.57. The number of hydrogen-bond donors (Lipinski definition) is 0. The quantitative estimate of drug-likeness (QED) is 0.362. The van der Waals surface area contributed by atoms with Gasteiger partial charge < -0.3 is 19.1 Å². The highest BCUT2D eigenvalue weighted by Crippen LogP contribution is 2.35. The van der Waals surface area contributed by atoms with Crippen LogP contribution in [0.4, 0.5) is 5.69 Å². The molecular formula is C26H38N2O3S. The van der Waals surface area contributed by atoms with Crippen LogP contribution in [-0.4, -0.2) is 44.7 Å². The lowest BCUT2D eigenvalue weighted by atomic mass is 10.0. The summed E-state index contributed by atoms with van der Waals surface area (Å²) >= 11 is 1.64. The largest absolute Gasteiger partial charge is 0.379 e. The second kappa shape index (κ2) is 12.5. The number of thiazole rings is 1. The van der Waals surface area contributed by atoms with Gasteiger partial charge in [0, 0.05) is 37.7 Å². The number of benzene rings is 1. The Labute approximate surface area is 197 Å². The molecule has 1 aromatic heterocycles. The Balaban J connectivity index is 1.59. The third-order valence-electron chi connectivity index (χ3n) is 5.73. The highest BCUT2D eigenvalue weighted by atomic mass is 32.1. The number of anilines is 1. The lowest BCUT2D eigenvalue weighted by Crippen LogP contribution is -2.37. The zero-order valence-corrected chi connectivity index (χ0v) is 20.9. The number of rotatable bonds is 12. The van der Waals surface area contributed by atoms with Gasteiger partial charge in [-0.3, -0.25) is 0 Å². The highest BCUT2D eigenvalue weighted by Gasteiger charge is 2.22. The molecule has 2 heterocycles. The minimum absolute atomic E-state index is 0.117. The lowest BCUT2D eigenvalue weighted by Gasteiger charge is -2.34. The summed E-state index contributed by atoms with van der Waals surface area (Å²) < 4.78 is 17.4. The van der Waals surface area contributed by atoms with Crippen LogP contribution in [0.5, 0.6) is 0 Å². The molecule has 32 heavy (non-hydrogen) atoms. The Hall–Kier alpha value is -1.73. The molecular weight excluding hydrogens is 420 g/mol. The third-order valence-corrected chi connectivity index (χ3v) is 6.76. The van der Waals surface area contributed by atoms with Crippen LogP contribution in [0.15, 0.2) is 31.0 Å². The summed E-state index contributed by atoms with van der Waals surface area (Å²) in [6.07, 6.45) is 6.52. The molecule has 5 nitrogen and oxygen atoms in total. The van der Waals surface area contributed by atoms with Crippen LogP contribution in [0.25, 0.3) is 5.57 Å². The molecule has 0 amide bonds. The molecule has 2 aromatic rings. The first-order valence-electron chi connectivity index (χ1n) is 11.7. The van der Waals surface area contributed by atoms with Crippen molar-refractivity contribution in [3.05, 3.63) is 52.0 Å². The first kappa shape index (κ1) is 24.9. The third kappa shape index (κ3) is 7.14. The summed E-state index contributed by atoms with van der Waals surface area (Å²) in [5.41, 5.74) is 4.49. The van der Waals surface area contributed by atoms with Crippen LogP contribution in [0.1, 0.15) is 60.5 Å². The van der Waals surface area contributed by atoms with Crippen LogP contribution >= 0.6 is 11.3 Å². The summed E-state index contributed by atoms with van der Waals surface area (Å²) in [6.45, 7) is 14.3. The second-order valence-corrected chi connectivity index (χ2v) is 10.0. The van der Waals surface area contributed by atoms with Gasteiger partial charge in [0.2, 0.25) is 0 Å². The number of nitrogens with zero attached hydrogens (tertiary/aromatic N) is 2. The minimum Gasteiger partial charge on any atom is -0.379 e. The number of aryl methyl sites for hydroxylation is 1.